The molecular weight excluding hydrogens is 521 g/mol. The van der Waals surface area contributed by atoms with E-state index >= 15 is 0 Å². The molecule has 0 atom stereocenters. The van der Waals surface area contributed by atoms with E-state index in [0.29, 0.717) is 0 Å². The standard InChI is InChI=1S/CH4.6Cu.H2O2.2O2.2H2O/c;;;;;;;3*1-2;;/h1H4;;;;;;;1-2H;;;2*1H2/p-1. The van der Waals surface area contributed by atoms with Crippen LogP contribution in [0.15, 0.2) is 0 Å². The quantitative estimate of drug-likeness (QED) is 0.248. The first-order valence-electron chi connectivity index (χ1n) is 0.533. The number of hydrogen-bond donors (Lipinski definition) is 2. The van der Waals surface area contributed by atoms with E-state index < -0.39 is 0 Å². The zero-order valence-corrected chi connectivity index (χ0v) is 10.9. The molecule has 6 radical (unpaired) electrons. The monoisotopic (exact) mass is 527 g/mol. The molecule has 0 spiro atoms. The third-order valence-corrected chi connectivity index (χ3v) is 0. The Labute approximate surface area is 150 Å². The van der Waals surface area contributed by atoms with Crippen LogP contribution >= 0.6 is 0 Å². The van der Waals surface area contributed by atoms with Crippen LogP contribution in [0.1, 0.15) is 7.43 Å². The fourth-order valence-corrected chi connectivity index (χ4v) is 0. The third-order valence-electron chi connectivity index (χ3n) is 0. The van der Waals surface area contributed by atoms with Crippen LogP contribution in [0, 0.1) is 19.9 Å². The first kappa shape index (κ1) is 168. The molecule has 0 aromatic carbocycles. The Morgan fingerprint density at radius 3 is 0.533 bits per heavy atom. The summed E-state index contributed by atoms with van der Waals surface area (Å²) in [5, 5.41) is 12.0. The summed E-state index contributed by atoms with van der Waals surface area (Å²) in [4.78, 5) is 28.0. The van der Waals surface area contributed by atoms with Crippen molar-refractivity contribution in [1.29, 1.82) is 0 Å². The van der Waals surface area contributed by atoms with Gasteiger partial charge in [-0.3, -0.25) is 10.5 Å². The Morgan fingerprint density at radius 1 is 0.533 bits per heavy atom. The van der Waals surface area contributed by atoms with Crippen LogP contribution in [0.4, 0.5) is 0 Å². The summed E-state index contributed by atoms with van der Waals surface area (Å²) in [5.41, 5.74) is 0. The molecule has 5 N–H and O–H groups in total. The maximum absolute atomic E-state index is 7.00. The topological polar surface area (TPSA) is 170 Å². The van der Waals surface area contributed by atoms with Crippen molar-refractivity contribution in [3.63, 3.8) is 0 Å². The minimum atomic E-state index is 0. The zero-order valence-electron chi connectivity index (χ0n) is 5.28. The summed E-state index contributed by atoms with van der Waals surface area (Å²) in [6.07, 6.45) is 0. The van der Waals surface area contributed by atoms with Crippen LogP contribution < -0.4 is 0 Å². The van der Waals surface area contributed by atoms with E-state index in [1.165, 1.54) is 0 Å². The van der Waals surface area contributed by atoms with Gasteiger partial charge < -0.3 is 11.0 Å². The van der Waals surface area contributed by atoms with Gasteiger partial charge in [-0.25, -0.2) is 0 Å². The van der Waals surface area contributed by atoms with Crippen molar-refractivity contribution in [2.75, 3.05) is 0 Å². The number of rotatable bonds is 0. The summed E-state index contributed by atoms with van der Waals surface area (Å²) < 4.78 is 0. The van der Waals surface area contributed by atoms with Crippen molar-refractivity contribution < 1.29 is 124 Å². The van der Waals surface area contributed by atoms with E-state index in [9.17, 15) is 0 Å². The molecule has 0 rings (SSSR count). The normalized spacial score (nSPS) is 0.933. The first-order chi connectivity index (χ1) is 3.00. The molecule has 0 unspecified atom stereocenters. The van der Waals surface area contributed by atoms with Crippen molar-refractivity contribution in [2.24, 2.45) is 0 Å². The van der Waals surface area contributed by atoms with Crippen LogP contribution in [0.5, 0.6) is 0 Å². The van der Waals surface area contributed by atoms with E-state index in [4.69, 9.17) is 30.4 Å². The van der Waals surface area contributed by atoms with Gasteiger partial charge in [-0.15, -0.1) is 0 Å². The molecule has 0 saturated carbocycles. The molecule has 128 valence electrons. The average molecular weight is 530 g/mol. The molecule has 0 aromatic heterocycles. The second-order valence-corrected chi connectivity index (χ2v) is 0. The van der Waals surface area contributed by atoms with Gasteiger partial charge in [-0.1, -0.05) is 7.43 Å². The predicted molar refractivity (Wildman–Crippen MR) is 31.0 cm³/mol. The smallest absolute Gasteiger partial charge is 0 e. The van der Waals surface area contributed by atoms with Crippen LogP contribution in [-0.4, -0.2) is 21.5 Å². The molecule has 0 heterocycles. The van der Waals surface area contributed by atoms with Crippen LogP contribution in [0.25, 0.3) is 0 Å². The van der Waals surface area contributed by atoms with Gasteiger partial charge in [0.1, 0.15) is 0 Å². The average Bonchev–Trinajstić information content (AvgIpc) is 1.81. The summed E-state index contributed by atoms with van der Waals surface area (Å²) >= 11 is 0. The van der Waals surface area contributed by atoms with Gasteiger partial charge in [0, 0.05) is 122 Å². The molecule has 0 saturated heterocycles. The summed E-state index contributed by atoms with van der Waals surface area (Å²) in [5.74, 6) is 0. The van der Waals surface area contributed by atoms with Gasteiger partial charge in [-0.05, 0) is 0 Å². The zero-order chi connectivity index (χ0) is 6.00. The number of hydrogen-bond acceptors (Lipinski definition) is 7. The van der Waals surface area contributed by atoms with E-state index in [1.807, 2.05) is 0 Å². The molecule has 0 aliphatic carbocycles. The fraction of sp³-hybridized carbons (Fsp3) is 1.00. The van der Waals surface area contributed by atoms with Gasteiger partial charge in [0.05, 0.1) is 0 Å². The molecular formula is CH9Cu6O8-. The molecule has 8 nitrogen and oxygen atoms in total. The minimum Gasteiger partial charge on any atom is -0.870 e. The van der Waals surface area contributed by atoms with E-state index in [1.54, 1.807) is 0 Å². The first-order valence-corrected chi connectivity index (χ1v) is 0.533. The second kappa shape index (κ2) is 798. The van der Waals surface area contributed by atoms with Crippen LogP contribution in [0.2, 0.25) is 0 Å². The van der Waals surface area contributed by atoms with E-state index in [0.717, 1.165) is 0 Å². The molecule has 0 amide bonds. The van der Waals surface area contributed by atoms with E-state index in [2.05, 4.69) is 0 Å². The van der Waals surface area contributed by atoms with Crippen molar-refractivity contribution >= 4 is 0 Å². The van der Waals surface area contributed by atoms with E-state index in [-0.39, 0.29) is 121 Å². The Balaban J connectivity index is -0.000000000692. The summed E-state index contributed by atoms with van der Waals surface area (Å²) in [6, 6.07) is 0. The van der Waals surface area contributed by atoms with Crippen molar-refractivity contribution in [3.05, 3.63) is 19.9 Å². The van der Waals surface area contributed by atoms with Crippen molar-refractivity contribution in [3.8, 4) is 0 Å². The SMILES string of the molecule is C.O.O=O.O=O.OO.[Cu].[Cu].[Cu].[Cu].[Cu].[Cu].[OH-]. The van der Waals surface area contributed by atoms with Gasteiger partial charge in [0.25, 0.3) is 0 Å². The Bertz CT molecular complexity index is 21.1. The molecule has 0 aliphatic heterocycles. The predicted octanol–water partition coefficient (Wildman–Crippen LogP) is -0.229. The second-order valence-electron chi connectivity index (χ2n) is 0. The van der Waals surface area contributed by atoms with Gasteiger partial charge >= 0.3 is 0 Å². The minimum absolute atomic E-state index is 0. The van der Waals surface area contributed by atoms with Crippen molar-refractivity contribution in [2.45, 2.75) is 7.43 Å². The largest absolute Gasteiger partial charge is 0.870 e. The van der Waals surface area contributed by atoms with Gasteiger partial charge in [0.2, 0.25) is 0 Å². The molecule has 0 aromatic rings. The fourth-order valence-electron chi connectivity index (χ4n) is 0. The Kier molecular flexibility index (Phi) is 8960. The maximum atomic E-state index is 7.00. The molecule has 15 heavy (non-hydrogen) atoms. The van der Waals surface area contributed by atoms with Crippen molar-refractivity contribution in [1.82, 2.24) is 0 Å². The third kappa shape index (κ3) is 696. The molecule has 14 heteroatoms. The van der Waals surface area contributed by atoms with Crippen LogP contribution in [-0.2, 0) is 102 Å². The molecule has 0 aliphatic rings. The Morgan fingerprint density at radius 2 is 0.533 bits per heavy atom. The summed E-state index contributed by atoms with van der Waals surface area (Å²) in [6.45, 7) is 0. The van der Waals surface area contributed by atoms with Crippen LogP contribution in [0.3, 0.4) is 0 Å². The molecule has 0 bridgehead atoms. The molecule has 0 fully saturated rings. The van der Waals surface area contributed by atoms with Gasteiger partial charge in [0.15, 0.2) is 0 Å². The Hall–Kier alpha value is 2.16. The summed E-state index contributed by atoms with van der Waals surface area (Å²) in [7, 11) is 0. The van der Waals surface area contributed by atoms with Gasteiger partial charge in [-0.2, -0.15) is 0 Å². The maximum Gasteiger partial charge on any atom is 0 e.